The van der Waals surface area contributed by atoms with E-state index in [-0.39, 0.29) is 0 Å². The van der Waals surface area contributed by atoms with Gasteiger partial charge < -0.3 is 10.3 Å². The predicted molar refractivity (Wildman–Crippen MR) is 96.6 cm³/mol. The number of hydrogen-bond acceptors (Lipinski definition) is 2. The minimum absolute atomic E-state index is 0.458. The van der Waals surface area contributed by atoms with Crippen LogP contribution in [0.15, 0.2) is 24.3 Å². The Balaban J connectivity index is 1.29. The second kappa shape index (κ2) is 5.22. The van der Waals surface area contributed by atoms with Crippen molar-refractivity contribution in [1.29, 1.82) is 0 Å². The molecule has 2 aromatic heterocycles. The summed E-state index contributed by atoms with van der Waals surface area (Å²) in [5, 5.41) is 3.99. The Kier molecular flexibility index (Phi) is 3.24. The molecular formula is C20H26N2S. The lowest BCUT2D eigenvalue weighted by molar-refractivity contribution is -0.0207. The summed E-state index contributed by atoms with van der Waals surface area (Å²) in [4.78, 5) is 6.35. The van der Waals surface area contributed by atoms with Crippen LogP contribution in [0.2, 0.25) is 0 Å². The van der Waals surface area contributed by atoms with Crippen molar-refractivity contribution in [2.75, 3.05) is 0 Å². The highest BCUT2D eigenvalue weighted by atomic mass is 32.1. The fraction of sp³-hybridized carbons (Fsp3) is 0.600. The van der Waals surface area contributed by atoms with Crippen molar-refractivity contribution >= 4 is 11.3 Å². The summed E-state index contributed by atoms with van der Waals surface area (Å²) >= 11 is 1.87. The molecule has 122 valence electrons. The third-order valence-corrected chi connectivity index (χ3v) is 7.48. The molecule has 4 aliphatic rings. The van der Waals surface area contributed by atoms with Gasteiger partial charge in [-0.1, -0.05) is 0 Å². The molecule has 2 aromatic rings. The third-order valence-electron chi connectivity index (χ3n) is 6.44. The molecule has 2 heterocycles. The molecule has 0 radical (unpaired) electrons. The SMILES string of the molecule is Cc1ccc(-c2ccc(CNC34CC5CC(CC(C5)C3)C4)[nH]2)s1. The molecule has 0 aliphatic heterocycles. The standard InChI is InChI=1S/C20H26N2S/c1-13-2-5-19(23-13)18-4-3-17(22-18)12-21-20-9-14-6-15(10-20)8-16(7-14)11-20/h2-5,14-16,21-22H,6-12H2,1H3. The van der Waals surface area contributed by atoms with Crippen LogP contribution in [-0.4, -0.2) is 10.5 Å². The number of H-pyrrole nitrogens is 1. The van der Waals surface area contributed by atoms with Gasteiger partial charge in [0.2, 0.25) is 0 Å². The molecule has 0 unspecified atom stereocenters. The second-order valence-electron chi connectivity index (χ2n) is 8.36. The molecule has 0 aromatic carbocycles. The second-order valence-corrected chi connectivity index (χ2v) is 9.65. The van der Waals surface area contributed by atoms with Crippen LogP contribution in [0.5, 0.6) is 0 Å². The quantitative estimate of drug-likeness (QED) is 0.803. The van der Waals surface area contributed by atoms with E-state index < -0.39 is 0 Å². The molecule has 0 amide bonds. The van der Waals surface area contributed by atoms with Crippen molar-refractivity contribution in [3.8, 4) is 10.6 Å². The van der Waals surface area contributed by atoms with Gasteiger partial charge in [0, 0.05) is 22.7 Å². The van der Waals surface area contributed by atoms with Crippen molar-refractivity contribution < 1.29 is 0 Å². The third kappa shape index (κ3) is 2.58. The molecule has 4 fully saturated rings. The lowest BCUT2D eigenvalue weighted by atomic mass is 9.53. The zero-order valence-electron chi connectivity index (χ0n) is 13.9. The lowest BCUT2D eigenvalue weighted by Crippen LogP contribution is -2.58. The van der Waals surface area contributed by atoms with Gasteiger partial charge in [-0.2, -0.15) is 0 Å². The molecule has 4 aliphatic carbocycles. The Bertz CT molecular complexity index is 676. The van der Waals surface area contributed by atoms with Crippen LogP contribution >= 0.6 is 11.3 Å². The average Bonchev–Trinajstić information content (AvgIpc) is 3.12. The Morgan fingerprint density at radius 3 is 2.35 bits per heavy atom. The lowest BCUT2D eigenvalue weighted by Gasteiger charge is -2.57. The highest BCUT2D eigenvalue weighted by Crippen LogP contribution is 2.55. The molecule has 2 nitrogen and oxygen atoms in total. The fourth-order valence-electron chi connectivity index (χ4n) is 5.88. The van der Waals surface area contributed by atoms with Gasteiger partial charge in [-0.05, 0) is 87.5 Å². The number of aromatic nitrogens is 1. The van der Waals surface area contributed by atoms with E-state index in [9.17, 15) is 0 Å². The smallest absolute Gasteiger partial charge is 0.0558 e. The van der Waals surface area contributed by atoms with Gasteiger partial charge in [0.05, 0.1) is 10.6 Å². The van der Waals surface area contributed by atoms with Crippen LogP contribution in [0, 0.1) is 24.7 Å². The topological polar surface area (TPSA) is 27.8 Å². The highest BCUT2D eigenvalue weighted by molar-refractivity contribution is 7.15. The summed E-state index contributed by atoms with van der Waals surface area (Å²) in [6.07, 6.45) is 8.84. The Morgan fingerprint density at radius 1 is 1.04 bits per heavy atom. The maximum absolute atomic E-state index is 3.99. The first-order valence-electron chi connectivity index (χ1n) is 9.17. The van der Waals surface area contributed by atoms with Crippen molar-refractivity contribution in [1.82, 2.24) is 10.3 Å². The molecular weight excluding hydrogens is 300 g/mol. The van der Waals surface area contributed by atoms with Crippen LogP contribution in [0.1, 0.15) is 49.1 Å². The van der Waals surface area contributed by atoms with E-state index in [0.29, 0.717) is 5.54 Å². The number of rotatable bonds is 4. The molecule has 0 atom stereocenters. The van der Waals surface area contributed by atoms with Gasteiger partial charge >= 0.3 is 0 Å². The molecule has 0 saturated heterocycles. The van der Waals surface area contributed by atoms with Gasteiger partial charge in [0.25, 0.3) is 0 Å². The molecule has 23 heavy (non-hydrogen) atoms. The number of thiophene rings is 1. The van der Waals surface area contributed by atoms with Crippen molar-refractivity contribution in [2.24, 2.45) is 17.8 Å². The summed E-state index contributed by atoms with van der Waals surface area (Å²) in [7, 11) is 0. The Labute approximate surface area is 142 Å². The first-order chi connectivity index (χ1) is 11.2. The molecule has 4 saturated carbocycles. The Hall–Kier alpha value is -1.06. The monoisotopic (exact) mass is 326 g/mol. The van der Waals surface area contributed by atoms with E-state index in [2.05, 4.69) is 41.5 Å². The minimum Gasteiger partial charge on any atom is -0.357 e. The van der Waals surface area contributed by atoms with E-state index >= 15 is 0 Å². The minimum atomic E-state index is 0.458. The number of aryl methyl sites for hydroxylation is 1. The van der Waals surface area contributed by atoms with Gasteiger partial charge in [-0.15, -0.1) is 11.3 Å². The maximum Gasteiger partial charge on any atom is 0.0558 e. The molecule has 3 heteroatoms. The summed E-state index contributed by atoms with van der Waals surface area (Å²) < 4.78 is 0. The average molecular weight is 327 g/mol. The zero-order chi connectivity index (χ0) is 15.4. The van der Waals surface area contributed by atoms with Gasteiger partial charge in [0.1, 0.15) is 0 Å². The van der Waals surface area contributed by atoms with Crippen molar-refractivity contribution in [3.63, 3.8) is 0 Å². The van der Waals surface area contributed by atoms with Crippen molar-refractivity contribution in [2.45, 2.75) is 57.5 Å². The van der Waals surface area contributed by atoms with Gasteiger partial charge in [0.15, 0.2) is 0 Å². The van der Waals surface area contributed by atoms with E-state index in [1.807, 2.05) is 11.3 Å². The largest absolute Gasteiger partial charge is 0.357 e. The molecule has 6 rings (SSSR count). The van der Waals surface area contributed by atoms with Gasteiger partial charge in [-0.25, -0.2) is 0 Å². The van der Waals surface area contributed by atoms with Crippen LogP contribution in [0.25, 0.3) is 10.6 Å². The molecule has 4 bridgehead atoms. The van der Waals surface area contributed by atoms with Crippen LogP contribution < -0.4 is 5.32 Å². The maximum atomic E-state index is 3.99. The Morgan fingerprint density at radius 2 is 1.74 bits per heavy atom. The number of nitrogens with one attached hydrogen (secondary N) is 2. The van der Waals surface area contributed by atoms with Gasteiger partial charge in [-0.3, -0.25) is 0 Å². The fourth-order valence-corrected chi connectivity index (χ4v) is 6.72. The predicted octanol–water partition coefficient (Wildman–Crippen LogP) is 5.11. The first-order valence-corrected chi connectivity index (χ1v) is 9.99. The highest BCUT2D eigenvalue weighted by Gasteiger charge is 2.50. The van der Waals surface area contributed by atoms with E-state index in [4.69, 9.17) is 0 Å². The number of aromatic amines is 1. The summed E-state index contributed by atoms with van der Waals surface area (Å²) in [5.41, 5.74) is 3.06. The zero-order valence-corrected chi connectivity index (χ0v) is 14.7. The normalized spacial score (nSPS) is 35.1. The first kappa shape index (κ1) is 14.3. The van der Waals surface area contributed by atoms with E-state index in [0.717, 1.165) is 24.3 Å². The van der Waals surface area contributed by atoms with E-state index in [1.165, 1.54) is 59.7 Å². The van der Waals surface area contributed by atoms with Crippen LogP contribution in [0.3, 0.4) is 0 Å². The summed E-state index contributed by atoms with van der Waals surface area (Å²) in [6, 6.07) is 8.93. The summed E-state index contributed by atoms with van der Waals surface area (Å²) in [6.45, 7) is 3.17. The van der Waals surface area contributed by atoms with Crippen LogP contribution in [0.4, 0.5) is 0 Å². The van der Waals surface area contributed by atoms with E-state index in [1.54, 1.807) is 0 Å². The van der Waals surface area contributed by atoms with Crippen LogP contribution in [-0.2, 0) is 6.54 Å². The number of hydrogen-bond donors (Lipinski definition) is 2. The molecule has 2 N–H and O–H groups in total. The summed E-state index contributed by atoms with van der Waals surface area (Å²) in [5.74, 6) is 3.05. The van der Waals surface area contributed by atoms with Crippen molar-refractivity contribution in [3.05, 3.63) is 34.8 Å². The molecule has 0 spiro atoms.